The Morgan fingerprint density at radius 2 is 2.16 bits per heavy atom. The van der Waals surface area contributed by atoms with Crippen LogP contribution in [-0.4, -0.2) is 23.9 Å². The second-order valence-electron chi connectivity index (χ2n) is 5.48. The lowest BCUT2D eigenvalue weighted by Gasteiger charge is -2.33. The first kappa shape index (κ1) is 14.1. The third kappa shape index (κ3) is 3.80. The molecule has 1 heterocycles. The second-order valence-corrected chi connectivity index (χ2v) is 5.48. The van der Waals surface area contributed by atoms with Crippen molar-refractivity contribution in [3.05, 3.63) is 35.9 Å². The van der Waals surface area contributed by atoms with Gasteiger partial charge in [-0.25, -0.2) is 0 Å². The van der Waals surface area contributed by atoms with E-state index < -0.39 is 0 Å². The first-order valence-electron chi connectivity index (χ1n) is 7.29. The maximum Gasteiger partial charge on any atom is 0.224 e. The van der Waals surface area contributed by atoms with E-state index in [9.17, 15) is 4.79 Å². The van der Waals surface area contributed by atoms with Crippen LogP contribution in [0.5, 0.6) is 0 Å². The van der Waals surface area contributed by atoms with Crippen LogP contribution in [0.25, 0.3) is 0 Å². The molecule has 104 valence electrons. The molecule has 2 atom stereocenters. The minimum absolute atomic E-state index is 0.185. The fourth-order valence-electron chi connectivity index (χ4n) is 2.76. The van der Waals surface area contributed by atoms with E-state index in [0.717, 1.165) is 31.5 Å². The largest absolute Gasteiger partial charge is 0.342 e. The standard InChI is InChI=1S/C16H24N2O/c1-2-13-7-6-10-18(12-13)16(19)11-15(17)14-8-4-3-5-9-14/h3-5,8-9,13,15H,2,6-7,10-12,17H2,1H3. The molecule has 0 saturated carbocycles. The lowest BCUT2D eigenvalue weighted by atomic mass is 9.95. The number of carbonyl (C=O) groups excluding carboxylic acids is 1. The van der Waals surface area contributed by atoms with Gasteiger partial charge in [-0.2, -0.15) is 0 Å². The number of likely N-dealkylation sites (tertiary alicyclic amines) is 1. The highest BCUT2D eigenvalue weighted by atomic mass is 16.2. The van der Waals surface area contributed by atoms with Crippen LogP contribution in [-0.2, 0) is 4.79 Å². The summed E-state index contributed by atoms with van der Waals surface area (Å²) in [5, 5.41) is 0. The van der Waals surface area contributed by atoms with E-state index in [1.807, 2.05) is 35.2 Å². The van der Waals surface area contributed by atoms with Crippen LogP contribution in [0.3, 0.4) is 0 Å². The molecule has 1 fully saturated rings. The van der Waals surface area contributed by atoms with Crippen LogP contribution in [0.2, 0.25) is 0 Å². The number of carbonyl (C=O) groups is 1. The molecule has 2 unspecified atom stereocenters. The van der Waals surface area contributed by atoms with Gasteiger partial charge in [-0.1, -0.05) is 43.7 Å². The molecule has 1 saturated heterocycles. The van der Waals surface area contributed by atoms with Crippen molar-refractivity contribution in [2.24, 2.45) is 11.7 Å². The summed E-state index contributed by atoms with van der Waals surface area (Å²) in [6, 6.07) is 9.69. The monoisotopic (exact) mass is 260 g/mol. The Kier molecular flexibility index (Phi) is 4.97. The molecule has 0 spiro atoms. The molecule has 0 aromatic heterocycles. The number of benzene rings is 1. The van der Waals surface area contributed by atoms with Gasteiger partial charge in [-0.05, 0) is 24.3 Å². The summed E-state index contributed by atoms with van der Waals surface area (Å²) in [6.07, 6.45) is 3.96. The van der Waals surface area contributed by atoms with Gasteiger partial charge in [0, 0.05) is 25.6 Å². The Bertz CT molecular complexity index is 404. The summed E-state index contributed by atoms with van der Waals surface area (Å²) in [5.41, 5.74) is 7.16. The number of hydrogen-bond acceptors (Lipinski definition) is 2. The van der Waals surface area contributed by atoms with Crippen LogP contribution >= 0.6 is 0 Å². The van der Waals surface area contributed by atoms with E-state index >= 15 is 0 Å². The molecule has 1 aliphatic heterocycles. The Morgan fingerprint density at radius 1 is 1.42 bits per heavy atom. The molecule has 19 heavy (non-hydrogen) atoms. The summed E-state index contributed by atoms with van der Waals surface area (Å²) in [6.45, 7) is 4.02. The SMILES string of the molecule is CCC1CCCN(C(=O)CC(N)c2ccccc2)C1. The third-order valence-corrected chi connectivity index (χ3v) is 4.07. The van der Waals surface area contributed by atoms with Gasteiger partial charge >= 0.3 is 0 Å². The van der Waals surface area contributed by atoms with Crippen LogP contribution in [0.15, 0.2) is 30.3 Å². The molecule has 1 amide bonds. The van der Waals surface area contributed by atoms with E-state index in [1.54, 1.807) is 0 Å². The van der Waals surface area contributed by atoms with E-state index in [2.05, 4.69) is 6.92 Å². The van der Waals surface area contributed by atoms with Gasteiger partial charge in [-0.3, -0.25) is 4.79 Å². The van der Waals surface area contributed by atoms with Crippen molar-refractivity contribution in [3.8, 4) is 0 Å². The van der Waals surface area contributed by atoms with Gasteiger partial charge in [0.05, 0.1) is 0 Å². The lowest BCUT2D eigenvalue weighted by Crippen LogP contribution is -2.40. The predicted molar refractivity (Wildman–Crippen MR) is 77.6 cm³/mol. The van der Waals surface area contributed by atoms with Crippen molar-refractivity contribution < 1.29 is 4.79 Å². The number of amides is 1. The van der Waals surface area contributed by atoms with Gasteiger partial charge in [0.2, 0.25) is 5.91 Å². The van der Waals surface area contributed by atoms with Gasteiger partial charge in [-0.15, -0.1) is 0 Å². The summed E-state index contributed by atoms with van der Waals surface area (Å²) in [4.78, 5) is 14.3. The summed E-state index contributed by atoms with van der Waals surface area (Å²) in [5.74, 6) is 0.875. The maximum absolute atomic E-state index is 12.3. The van der Waals surface area contributed by atoms with Gasteiger partial charge < -0.3 is 10.6 Å². The first-order valence-corrected chi connectivity index (χ1v) is 7.29. The lowest BCUT2D eigenvalue weighted by molar-refractivity contribution is -0.133. The molecule has 1 aromatic carbocycles. The van der Waals surface area contributed by atoms with Crippen molar-refractivity contribution in [1.82, 2.24) is 4.90 Å². The normalized spacial score (nSPS) is 21.2. The van der Waals surface area contributed by atoms with Gasteiger partial charge in [0.25, 0.3) is 0 Å². The van der Waals surface area contributed by atoms with Crippen molar-refractivity contribution in [2.45, 2.75) is 38.6 Å². The molecule has 0 radical (unpaired) electrons. The molecule has 1 aliphatic rings. The number of piperidine rings is 1. The molecule has 2 N–H and O–H groups in total. The van der Waals surface area contributed by atoms with Crippen LogP contribution in [0.4, 0.5) is 0 Å². The van der Waals surface area contributed by atoms with E-state index in [4.69, 9.17) is 5.73 Å². The van der Waals surface area contributed by atoms with Gasteiger partial charge in [0.15, 0.2) is 0 Å². The van der Waals surface area contributed by atoms with E-state index in [0.29, 0.717) is 12.3 Å². The Morgan fingerprint density at radius 3 is 2.84 bits per heavy atom. The molecule has 2 rings (SSSR count). The fraction of sp³-hybridized carbons (Fsp3) is 0.562. The highest BCUT2D eigenvalue weighted by Crippen LogP contribution is 2.21. The molecular formula is C16H24N2O. The van der Waals surface area contributed by atoms with E-state index in [1.165, 1.54) is 6.42 Å². The highest BCUT2D eigenvalue weighted by Gasteiger charge is 2.23. The quantitative estimate of drug-likeness (QED) is 0.904. The zero-order valence-corrected chi connectivity index (χ0v) is 11.7. The summed E-state index contributed by atoms with van der Waals surface area (Å²) < 4.78 is 0. The topological polar surface area (TPSA) is 46.3 Å². The number of nitrogens with zero attached hydrogens (tertiary/aromatic N) is 1. The average molecular weight is 260 g/mol. The zero-order chi connectivity index (χ0) is 13.7. The van der Waals surface area contributed by atoms with Crippen molar-refractivity contribution in [3.63, 3.8) is 0 Å². The number of nitrogens with two attached hydrogens (primary N) is 1. The summed E-state index contributed by atoms with van der Waals surface area (Å²) in [7, 11) is 0. The fourth-order valence-corrected chi connectivity index (χ4v) is 2.76. The molecule has 0 bridgehead atoms. The average Bonchev–Trinajstić information content (AvgIpc) is 2.48. The second kappa shape index (κ2) is 6.71. The Balaban J connectivity index is 1.90. The molecular weight excluding hydrogens is 236 g/mol. The minimum atomic E-state index is -0.185. The van der Waals surface area contributed by atoms with Crippen molar-refractivity contribution >= 4 is 5.91 Å². The summed E-state index contributed by atoms with van der Waals surface area (Å²) >= 11 is 0. The van der Waals surface area contributed by atoms with Crippen molar-refractivity contribution in [1.29, 1.82) is 0 Å². The van der Waals surface area contributed by atoms with Crippen LogP contribution in [0, 0.1) is 5.92 Å². The van der Waals surface area contributed by atoms with Crippen LogP contribution < -0.4 is 5.73 Å². The highest BCUT2D eigenvalue weighted by molar-refractivity contribution is 5.77. The molecule has 1 aromatic rings. The first-order chi connectivity index (χ1) is 9.20. The minimum Gasteiger partial charge on any atom is -0.342 e. The molecule has 3 nitrogen and oxygen atoms in total. The number of hydrogen-bond donors (Lipinski definition) is 1. The Hall–Kier alpha value is -1.35. The third-order valence-electron chi connectivity index (χ3n) is 4.07. The molecule has 0 aliphatic carbocycles. The van der Waals surface area contributed by atoms with Crippen LogP contribution in [0.1, 0.15) is 44.2 Å². The predicted octanol–water partition coefficient (Wildman–Crippen LogP) is 2.73. The Labute approximate surface area is 115 Å². The zero-order valence-electron chi connectivity index (χ0n) is 11.7. The van der Waals surface area contributed by atoms with Crippen molar-refractivity contribution in [2.75, 3.05) is 13.1 Å². The smallest absolute Gasteiger partial charge is 0.224 e. The number of rotatable bonds is 4. The van der Waals surface area contributed by atoms with E-state index in [-0.39, 0.29) is 11.9 Å². The molecule has 3 heteroatoms. The van der Waals surface area contributed by atoms with Gasteiger partial charge in [0.1, 0.15) is 0 Å². The maximum atomic E-state index is 12.3.